The zero-order chi connectivity index (χ0) is 19.6. The fraction of sp³-hybridized carbons (Fsp3) is 0.176. The Bertz CT molecular complexity index is 913. The Morgan fingerprint density at radius 3 is 2.74 bits per heavy atom. The highest BCUT2D eigenvalue weighted by Crippen LogP contribution is 2.42. The van der Waals surface area contributed by atoms with Gasteiger partial charge in [0.05, 0.1) is 35.4 Å². The lowest BCUT2D eigenvalue weighted by Gasteiger charge is -2.28. The smallest absolute Gasteiger partial charge is 0.405 e. The third-order valence-electron chi connectivity index (χ3n) is 3.96. The first-order valence-electron chi connectivity index (χ1n) is 7.75. The lowest BCUT2D eigenvalue weighted by Crippen LogP contribution is -2.32. The quantitative estimate of drug-likeness (QED) is 0.669. The fourth-order valence-corrected chi connectivity index (χ4v) is 3.42. The molecule has 0 aromatic heterocycles. The number of rotatable bonds is 4. The number of halogens is 3. The van der Waals surface area contributed by atoms with E-state index < -0.39 is 23.9 Å². The van der Waals surface area contributed by atoms with E-state index in [4.69, 9.17) is 21.4 Å². The van der Waals surface area contributed by atoms with Gasteiger partial charge in [0.2, 0.25) is 0 Å². The van der Waals surface area contributed by atoms with Crippen molar-refractivity contribution in [1.82, 2.24) is 5.32 Å². The SMILES string of the molecule is O=C(O)NC1CCOc2c(C(=O)Nc3ccc(F)c(Cl)c3)ccc(SF)c21. The van der Waals surface area contributed by atoms with Crippen LogP contribution in [0.2, 0.25) is 5.02 Å². The summed E-state index contributed by atoms with van der Waals surface area (Å²) in [5.74, 6) is -1.10. The lowest BCUT2D eigenvalue weighted by molar-refractivity contribution is 0.102. The Morgan fingerprint density at radius 2 is 2.07 bits per heavy atom. The third-order valence-corrected chi connectivity index (χ3v) is 4.77. The van der Waals surface area contributed by atoms with E-state index in [1.165, 1.54) is 24.3 Å². The van der Waals surface area contributed by atoms with Crippen LogP contribution in [0.4, 0.5) is 18.8 Å². The summed E-state index contributed by atoms with van der Waals surface area (Å²) in [6.07, 6.45) is -0.968. The van der Waals surface area contributed by atoms with E-state index in [1.807, 2.05) is 0 Å². The van der Waals surface area contributed by atoms with E-state index in [1.54, 1.807) is 0 Å². The second-order valence-corrected chi connectivity index (χ2v) is 6.65. The van der Waals surface area contributed by atoms with Gasteiger partial charge in [-0.3, -0.25) is 4.79 Å². The molecule has 1 atom stereocenters. The summed E-state index contributed by atoms with van der Waals surface area (Å²) in [6, 6.07) is 5.75. The van der Waals surface area contributed by atoms with Gasteiger partial charge >= 0.3 is 6.09 Å². The number of hydrogen-bond acceptors (Lipinski definition) is 4. The zero-order valence-corrected chi connectivity index (χ0v) is 15.2. The molecule has 3 N–H and O–H groups in total. The van der Waals surface area contributed by atoms with Crippen LogP contribution in [-0.2, 0) is 0 Å². The molecule has 0 bridgehead atoms. The molecule has 0 saturated heterocycles. The van der Waals surface area contributed by atoms with Crippen LogP contribution in [0.3, 0.4) is 0 Å². The summed E-state index contributed by atoms with van der Waals surface area (Å²) in [5, 5.41) is 13.7. The molecular weight excluding hydrogens is 402 g/mol. The second-order valence-electron chi connectivity index (χ2n) is 5.65. The molecule has 0 radical (unpaired) electrons. The number of carboxylic acid groups (broad SMARTS) is 1. The molecule has 2 aromatic carbocycles. The highest BCUT2D eigenvalue weighted by Gasteiger charge is 2.30. The molecule has 1 unspecified atom stereocenters. The van der Waals surface area contributed by atoms with Crippen molar-refractivity contribution >= 4 is 41.4 Å². The fourth-order valence-electron chi connectivity index (χ4n) is 2.80. The number of hydrogen-bond donors (Lipinski definition) is 3. The van der Waals surface area contributed by atoms with Crippen molar-refractivity contribution in [3.05, 3.63) is 52.3 Å². The van der Waals surface area contributed by atoms with E-state index in [9.17, 15) is 17.9 Å². The maximum absolute atomic E-state index is 13.3. The van der Waals surface area contributed by atoms with Gasteiger partial charge < -0.3 is 20.5 Å². The molecule has 6 nitrogen and oxygen atoms in total. The molecule has 0 aliphatic carbocycles. The van der Waals surface area contributed by atoms with Gasteiger partial charge in [0.25, 0.3) is 5.91 Å². The predicted octanol–water partition coefficient (Wildman–Crippen LogP) is 4.80. The topological polar surface area (TPSA) is 87.7 Å². The van der Waals surface area contributed by atoms with Crippen LogP contribution in [0.25, 0.3) is 0 Å². The van der Waals surface area contributed by atoms with Gasteiger partial charge in [-0.25, -0.2) is 9.18 Å². The number of ether oxygens (including phenoxy) is 1. The highest BCUT2D eigenvalue weighted by molar-refractivity contribution is 7.94. The maximum atomic E-state index is 13.3. The Kier molecular flexibility index (Phi) is 5.71. The van der Waals surface area contributed by atoms with Crippen molar-refractivity contribution in [1.29, 1.82) is 0 Å². The Labute approximate surface area is 162 Å². The van der Waals surface area contributed by atoms with Gasteiger partial charge in [-0.1, -0.05) is 11.6 Å². The monoisotopic (exact) mass is 414 g/mol. The zero-order valence-electron chi connectivity index (χ0n) is 13.6. The molecule has 27 heavy (non-hydrogen) atoms. The van der Waals surface area contributed by atoms with Gasteiger partial charge in [0, 0.05) is 22.6 Å². The van der Waals surface area contributed by atoms with Gasteiger partial charge in [-0.05, 0) is 30.3 Å². The molecule has 142 valence electrons. The summed E-state index contributed by atoms with van der Waals surface area (Å²) in [5.41, 5.74) is 0.626. The first kappa shape index (κ1) is 19.2. The number of benzene rings is 2. The average molecular weight is 415 g/mol. The number of carbonyl (C=O) groups excluding carboxylic acids is 1. The van der Waals surface area contributed by atoms with Crippen LogP contribution in [-0.4, -0.2) is 23.7 Å². The molecule has 1 heterocycles. The van der Waals surface area contributed by atoms with Crippen LogP contribution in [0.5, 0.6) is 5.75 Å². The van der Waals surface area contributed by atoms with E-state index in [0.29, 0.717) is 6.42 Å². The molecule has 0 saturated carbocycles. The number of fused-ring (bicyclic) bond motifs is 1. The van der Waals surface area contributed by atoms with Crippen LogP contribution in [0, 0.1) is 5.82 Å². The number of carbonyl (C=O) groups is 2. The van der Waals surface area contributed by atoms with Gasteiger partial charge in [0.15, 0.2) is 0 Å². The van der Waals surface area contributed by atoms with E-state index in [-0.39, 0.29) is 51.2 Å². The third kappa shape index (κ3) is 4.09. The summed E-state index contributed by atoms with van der Waals surface area (Å²) >= 11 is 5.64. The minimum atomic E-state index is -1.27. The van der Waals surface area contributed by atoms with Crippen molar-refractivity contribution in [2.24, 2.45) is 0 Å². The molecule has 1 aliphatic rings. The molecule has 3 rings (SSSR count). The normalized spacial score (nSPS) is 15.4. The minimum absolute atomic E-state index is 0.0615. The Balaban J connectivity index is 1.97. The number of amides is 2. The van der Waals surface area contributed by atoms with Crippen LogP contribution >= 0.6 is 23.7 Å². The standard InChI is InChI=1S/C17H13ClF2N2O4S/c18-10-7-8(1-3-11(10)19)21-16(23)9-2-4-13(27-20)14-12(22-17(24)25)5-6-26-15(9)14/h1-4,7,12,22H,5-6H2,(H,21,23)(H,24,25). The number of nitrogens with one attached hydrogen (secondary N) is 2. The first-order valence-corrected chi connectivity index (χ1v) is 8.84. The van der Waals surface area contributed by atoms with Crippen LogP contribution in [0.1, 0.15) is 28.4 Å². The van der Waals surface area contributed by atoms with Crippen molar-refractivity contribution in [2.45, 2.75) is 17.4 Å². The molecule has 10 heteroatoms. The second kappa shape index (κ2) is 8.01. The first-order chi connectivity index (χ1) is 12.9. The van der Waals surface area contributed by atoms with Gasteiger partial charge in [-0.2, -0.15) is 3.89 Å². The molecule has 0 spiro atoms. The van der Waals surface area contributed by atoms with Crippen molar-refractivity contribution in [3.63, 3.8) is 0 Å². The number of anilines is 1. The summed E-state index contributed by atoms with van der Waals surface area (Å²) in [7, 11) is 0. The summed E-state index contributed by atoms with van der Waals surface area (Å²) in [4.78, 5) is 23.8. The minimum Gasteiger partial charge on any atom is -0.492 e. The van der Waals surface area contributed by atoms with Crippen molar-refractivity contribution in [3.8, 4) is 5.75 Å². The molecule has 2 amide bonds. The maximum Gasteiger partial charge on any atom is 0.405 e. The highest BCUT2D eigenvalue weighted by atomic mass is 35.5. The van der Waals surface area contributed by atoms with Crippen molar-refractivity contribution < 1.29 is 27.7 Å². The molecule has 0 fully saturated rings. The van der Waals surface area contributed by atoms with Crippen molar-refractivity contribution in [2.75, 3.05) is 11.9 Å². The van der Waals surface area contributed by atoms with Gasteiger partial charge in [-0.15, -0.1) is 0 Å². The molecular formula is C17H13ClF2N2O4S. The Hall–Kier alpha value is -2.52. The average Bonchev–Trinajstić information content (AvgIpc) is 2.63. The van der Waals surface area contributed by atoms with Crippen LogP contribution in [0.15, 0.2) is 35.2 Å². The molecule has 2 aromatic rings. The van der Waals surface area contributed by atoms with Crippen LogP contribution < -0.4 is 15.4 Å². The largest absolute Gasteiger partial charge is 0.492 e. The Morgan fingerprint density at radius 1 is 1.30 bits per heavy atom. The summed E-state index contributed by atoms with van der Waals surface area (Å²) < 4.78 is 32.1. The predicted molar refractivity (Wildman–Crippen MR) is 96.8 cm³/mol. The summed E-state index contributed by atoms with van der Waals surface area (Å²) in [6.45, 7) is 0.154. The van der Waals surface area contributed by atoms with E-state index in [2.05, 4.69) is 10.6 Å². The van der Waals surface area contributed by atoms with E-state index in [0.717, 1.165) is 6.07 Å². The lowest BCUT2D eigenvalue weighted by atomic mass is 9.97. The molecule has 1 aliphatic heterocycles. The van der Waals surface area contributed by atoms with Gasteiger partial charge in [0.1, 0.15) is 11.6 Å². The van der Waals surface area contributed by atoms with E-state index >= 15 is 0 Å².